The third-order valence-electron chi connectivity index (χ3n) is 5.09. The average Bonchev–Trinajstić information content (AvgIpc) is 3.17. The molecule has 3 rings (SSSR count). The van der Waals surface area contributed by atoms with E-state index in [1.165, 1.54) is 30.9 Å². The standard InChI is InChI=1S/C21H24F3N9O3/c1-20(2,10-34)33-7-14(13-6-29-19(26)31-18(13)33)17(36)11-3-12(5-28-4-11)30-16(35)9-32(27)8-15(25)21(22,23)24/h3-8,34H,9-10,25,27H2,1-2H3,(H,30,35)(H2,26,29,31)/b15-8-. The number of pyridine rings is 1. The molecule has 0 atom stereocenters. The number of hydrazine groups is 1. The highest BCUT2D eigenvalue weighted by Gasteiger charge is 2.32. The second-order valence-electron chi connectivity index (χ2n) is 8.44. The molecule has 3 aromatic heterocycles. The number of fused-ring (bicyclic) bond motifs is 1. The summed E-state index contributed by atoms with van der Waals surface area (Å²) in [6.07, 6.45) is 1.03. The molecule has 0 bridgehead atoms. The molecule has 3 aromatic rings. The second kappa shape index (κ2) is 9.79. The number of allylic oxidation sites excluding steroid dienone is 1. The molecule has 0 fully saturated rings. The first-order valence-corrected chi connectivity index (χ1v) is 10.3. The summed E-state index contributed by atoms with van der Waals surface area (Å²) < 4.78 is 39.2. The van der Waals surface area contributed by atoms with Crippen LogP contribution in [0, 0.1) is 0 Å². The quantitative estimate of drug-likeness (QED) is 0.166. The Labute approximate surface area is 202 Å². The molecule has 0 aliphatic carbocycles. The van der Waals surface area contributed by atoms with Crippen LogP contribution in [0.15, 0.2) is 42.8 Å². The molecule has 0 aliphatic heterocycles. The van der Waals surface area contributed by atoms with Crippen molar-refractivity contribution in [3.8, 4) is 0 Å². The van der Waals surface area contributed by atoms with Crippen LogP contribution in [0.5, 0.6) is 0 Å². The zero-order valence-electron chi connectivity index (χ0n) is 19.2. The first-order chi connectivity index (χ1) is 16.7. The number of hydrogen-bond donors (Lipinski definition) is 5. The zero-order valence-corrected chi connectivity index (χ0v) is 19.2. The lowest BCUT2D eigenvalue weighted by atomic mass is 10.1. The van der Waals surface area contributed by atoms with Crippen molar-refractivity contribution in [2.45, 2.75) is 25.6 Å². The third kappa shape index (κ3) is 5.69. The van der Waals surface area contributed by atoms with Crippen LogP contribution < -0.4 is 22.6 Å². The minimum absolute atomic E-state index is 0.0123. The van der Waals surface area contributed by atoms with Gasteiger partial charge in [-0.2, -0.15) is 18.2 Å². The van der Waals surface area contributed by atoms with Gasteiger partial charge in [0.05, 0.1) is 29.6 Å². The molecule has 0 radical (unpaired) electrons. The molecule has 0 saturated heterocycles. The fraction of sp³-hybridized carbons (Fsp3) is 0.286. The van der Waals surface area contributed by atoms with Gasteiger partial charge in [-0.15, -0.1) is 0 Å². The first kappa shape index (κ1) is 26.4. The van der Waals surface area contributed by atoms with E-state index in [1.54, 1.807) is 18.4 Å². The predicted octanol–water partition coefficient (Wildman–Crippen LogP) is 0.843. The average molecular weight is 507 g/mol. The minimum atomic E-state index is -4.79. The number of rotatable bonds is 8. The van der Waals surface area contributed by atoms with Gasteiger partial charge in [0.25, 0.3) is 0 Å². The first-order valence-electron chi connectivity index (χ1n) is 10.3. The summed E-state index contributed by atoms with van der Waals surface area (Å²) in [5.41, 5.74) is 9.05. The van der Waals surface area contributed by atoms with E-state index >= 15 is 0 Å². The third-order valence-corrected chi connectivity index (χ3v) is 5.09. The number of amides is 1. The smallest absolute Gasteiger partial charge is 0.394 e. The van der Waals surface area contributed by atoms with Gasteiger partial charge in [-0.1, -0.05) is 0 Å². The van der Waals surface area contributed by atoms with Crippen LogP contribution in [-0.2, 0) is 10.3 Å². The van der Waals surface area contributed by atoms with E-state index in [0.29, 0.717) is 22.2 Å². The summed E-state index contributed by atoms with van der Waals surface area (Å²) >= 11 is 0. The van der Waals surface area contributed by atoms with Crippen LogP contribution in [0.1, 0.15) is 29.8 Å². The fourth-order valence-corrected chi connectivity index (χ4v) is 3.19. The Hall–Kier alpha value is -4.24. The van der Waals surface area contributed by atoms with Gasteiger partial charge in [-0.05, 0) is 19.9 Å². The largest absolute Gasteiger partial charge is 0.432 e. The molecule has 1 amide bonds. The Morgan fingerprint density at radius 3 is 2.58 bits per heavy atom. The van der Waals surface area contributed by atoms with Crippen LogP contribution in [0.2, 0.25) is 0 Å². The Morgan fingerprint density at radius 1 is 1.25 bits per heavy atom. The van der Waals surface area contributed by atoms with E-state index in [2.05, 4.69) is 20.3 Å². The SMILES string of the molecule is CC(C)(CO)n1cc(C(=O)c2cncc(NC(=O)CN(N)/C=C(\N)C(F)(F)F)c2)c2cnc(N)nc21. The molecule has 0 unspecified atom stereocenters. The molecule has 36 heavy (non-hydrogen) atoms. The van der Waals surface area contributed by atoms with Crippen LogP contribution in [0.25, 0.3) is 11.0 Å². The number of aliphatic hydroxyl groups is 1. The van der Waals surface area contributed by atoms with Crippen molar-refractivity contribution < 1.29 is 27.9 Å². The number of halogens is 3. The van der Waals surface area contributed by atoms with Gasteiger partial charge in [0.2, 0.25) is 11.9 Å². The van der Waals surface area contributed by atoms with E-state index in [-0.39, 0.29) is 29.4 Å². The number of carbonyl (C=O) groups is 2. The van der Waals surface area contributed by atoms with Gasteiger partial charge in [0.15, 0.2) is 5.78 Å². The molecule has 0 spiro atoms. The van der Waals surface area contributed by atoms with Gasteiger partial charge in [0, 0.05) is 35.7 Å². The van der Waals surface area contributed by atoms with E-state index in [4.69, 9.17) is 17.3 Å². The van der Waals surface area contributed by atoms with Gasteiger partial charge in [0.1, 0.15) is 17.9 Å². The van der Waals surface area contributed by atoms with Crippen molar-refractivity contribution in [2.75, 3.05) is 24.2 Å². The van der Waals surface area contributed by atoms with Crippen molar-refractivity contribution in [2.24, 2.45) is 11.6 Å². The topological polar surface area (TPSA) is 191 Å². The van der Waals surface area contributed by atoms with Gasteiger partial charge in [-0.3, -0.25) is 14.6 Å². The van der Waals surface area contributed by atoms with Crippen molar-refractivity contribution in [3.05, 3.63) is 53.9 Å². The molecule has 0 aromatic carbocycles. The Kier molecular flexibility index (Phi) is 7.17. The van der Waals surface area contributed by atoms with Crippen molar-refractivity contribution in [1.29, 1.82) is 0 Å². The number of nitrogens with one attached hydrogen (secondary N) is 1. The zero-order chi connectivity index (χ0) is 26.8. The van der Waals surface area contributed by atoms with E-state index in [0.717, 1.165) is 0 Å². The molecule has 3 heterocycles. The van der Waals surface area contributed by atoms with Crippen molar-refractivity contribution >= 4 is 34.4 Å². The molecular weight excluding hydrogens is 483 g/mol. The monoisotopic (exact) mass is 507 g/mol. The maximum Gasteiger partial charge on any atom is 0.432 e. The number of alkyl halides is 3. The molecule has 15 heteroatoms. The van der Waals surface area contributed by atoms with Crippen LogP contribution >= 0.6 is 0 Å². The number of aliphatic hydroxyl groups excluding tert-OH is 1. The van der Waals surface area contributed by atoms with E-state index < -0.39 is 35.6 Å². The highest BCUT2D eigenvalue weighted by molar-refractivity contribution is 6.16. The summed E-state index contributed by atoms with van der Waals surface area (Å²) in [7, 11) is 0. The number of nitrogen functional groups attached to an aromatic ring is 1. The molecular formula is C21H24F3N9O3. The molecule has 8 N–H and O–H groups in total. The summed E-state index contributed by atoms with van der Waals surface area (Å²) in [5.74, 6) is 4.13. The van der Waals surface area contributed by atoms with Gasteiger partial charge < -0.3 is 31.5 Å². The van der Waals surface area contributed by atoms with Crippen LogP contribution in [-0.4, -0.2) is 60.7 Å². The molecule has 0 aliphatic rings. The minimum Gasteiger partial charge on any atom is -0.394 e. The summed E-state index contributed by atoms with van der Waals surface area (Å²) in [6.45, 7) is 2.58. The number of ketones is 1. The molecule has 0 saturated carbocycles. The number of nitrogens with zero attached hydrogens (tertiary/aromatic N) is 5. The van der Waals surface area contributed by atoms with E-state index in [9.17, 15) is 27.9 Å². The Morgan fingerprint density at radius 2 is 1.94 bits per heavy atom. The van der Waals surface area contributed by atoms with Crippen LogP contribution in [0.3, 0.4) is 0 Å². The molecule has 192 valence electrons. The highest BCUT2D eigenvalue weighted by Crippen LogP contribution is 2.28. The maximum atomic E-state index is 13.3. The number of nitrogens with two attached hydrogens (primary N) is 3. The molecule has 12 nitrogen and oxygen atoms in total. The predicted molar refractivity (Wildman–Crippen MR) is 124 cm³/mol. The number of hydrogen-bond acceptors (Lipinski definition) is 10. The highest BCUT2D eigenvalue weighted by atomic mass is 19.4. The Balaban J connectivity index is 1.86. The fourth-order valence-electron chi connectivity index (χ4n) is 3.19. The lowest BCUT2D eigenvalue weighted by molar-refractivity contribution is -0.117. The summed E-state index contributed by atoms with van der Waals surface area (Å²) in [4.78, 5) is 37.6. The number of anilines is 2. The van der Waals surface area contributed by atoms with Gasteiger partial charge in [-0.25, -0.2) is 10.8 Å². The van der Waals surface area contributed by atoms with Gasteiger partial charge >= 0.3 is 6.18 Å². The normalized spacial score (nSPS) is 12.6. The second-order valence-corrected chi connectivity index (χ2v) is 8.44. The Bertz CT molecular complexity index is 1340. The summed E-state index contributed by atoms with van der Waals surface area (Å²) in [6, 6.07) is 1.34. The lowest BCUT2D eigenvalue weighted by Gasteiger charge is -2.24. The maximum absolute atomic E-state index is 13.3. The van der Waals surface area contributed by atoms with Crippen LogP contribution in [0.4, 0.5) is 24.8 Å². The van der Waals surface area contributed by atoms with Crippen molar-refractivity contribution in [3.63, 3.8) is 0 Å². The number of aromatic nitrogens is 4. The summed E-state index contributed by atoms with van der Waals surface area (Å²) in [5, 5.41) is 13.1. The lowest BCUT2D eigenvalue weighted by Crippen LogP contribution is -2.36. The number of carbonyl (C=O) groups excluding carboxylic acids is 2. The van der Waals surface area contributed by atoms with Crippen molar-refractivity contribution in [1.82, 2.24) is 24.5 Å². The van der Waals surface area contributed by atoms with E-state index in [1.807, 2.05) is 0 Å².